The second kappa shape index (κ2) is 10.7. The SMILES string of the molecule is COC(=O)CC1CCCCCCCCOCCNC1=O. The van der Waals surface area contributed by atoms with Gasteiger partial charge >= 0.3 is 5.97 Å². The van der Waals surface area contributed by atoms with E-state index in [1.807, 2.05) is 0 Å². The van der Waals surface area contributed by atoms with E-state index in [0.29, 0.717) is 13.2 Å². The fourth-order valence-electron chi connectivity index (χ4n) is 2.41. The Balaban J connectivity index is 2.45. The molecule has 0 bridgehead atoms. The van der Waals surface area contributed by atoms with Crippen molar-refractivity contribution >= 4 is 11.9 Å². The van der Waals surface area contributed by atoms with E-state index in [1.54, 1.807) is 0 Å². The van der Waals surface area contributed by atoms with Crippen molar-refractivity contribution in [2.24, 2.45) is 5.92 Å². The number of hydrogen-bond acceptors (Lipinski definition) is 4. The number of carbonyl (C=O) groups is 2. The van der Waals surface area contributed by atoms with Crippen LogP contribution in [0.15, 0.2) is 0 Å². The minimum Gasteiger partial charge on any atom is -0.469 e. The average molecular weight is 285 g/mol. The van der Waals surface area contributed by atoms with Gasteiger partial charge in [-0.2, -0.15) is 0 Å². The summed E-state index contributed by atoms with van der Waals surface area (Å²) in [5, 5.41) is 2.84. The van der Waals surface area contributed by atoms with Gasteiger partial charge in [0.15, 0.2) is 0 Å². The molecule has 0 saturated carbocycles. The van der Waals surface area contributed by atoms with Crippen molar-refractivity contribution in [3.05, 3.63) is 0 Å². The third-order valence-corrected chi connectivity index (χ3v) is 3.65. The van der Waals surface area contributed by atoms with E-state index in [2.05, 4.69) is 10.1 Å². The first-order valence-electron chi connectivity index (χ1n) is 7.66. The monoisotopic (exact) mass is 285 g/mol. The van der Waals surface area contributed by atoms with Crippen LogP contribution in [0.4, 0.5) is 0 Å². The second-order valence-electron chi connectivity index (χ2n) is 5.29. The Labute approximate surface area is 121 Å². The molecule has 1 N–H and O–H groups in total. The number of methoxy groups -OCH3 is 1. The van der Waals surface area contributed by atoms with Gasteiger partial charge in [0.05, 0.1) is 20.1 Å². The van der Waals surface area contributed by atoms with Crippen LogP contribution in [-0.2, 0) is 19.1 Å². The molecule has 1 fully saturated rings. The summed E-state index contributed by atoms with van der Waals surface area (Å²) >= 11 is 0. The van der Waals surface area contributed by atoms with E-state index in [-0.39, 0.29) is 24.2 Å². The molecule has 1 aliphatic rings. The summed E-state index contributed by atoms with van der Waals surface area (Å²) < 4.78 is 10.1. The molecule has 1 amide bonds. The van der Waals surface area contributed by atoms with Crippen LogP contribution >= 0.6 is 0 Å². The highest BCUT2D eigenvalue weighted by Crippen LogP contribution is 2.16. The molecule has 116 valence electrons. The number of amides is 1. The summed E-state index contributed by atoms with van der Waals surface area (Å²) in [5.74, 6) is -0.649. The molecule has 1 heterocycles. The van der Waals surface area contributed by atoms with Crippen LogP contribution in [0.3, 0.4) is 0 Å². The molecule has 0 spiro atoms. The zero-order valence-electron chi connectivity index (χ0n) is 12.5. The molecule has 1 aliphatic heterocycles. The largest absolute Gasteiger partial charge is 0.469 e. The Morgan fingerprint density at radius 2 is 1.90 bits per heavy atom. The van der Waals surface area contributed by atoms with Gasteiger partial charge in [0.25, 0.3) is 0 Å². The quantitative estimate of drug-likeness (QED) is 0.789. The number of rotatable bonds is 2. The molecule has 0 aromatic rings. The van der Waals surface area contributed by atoms with Gasteiger partial charge in [0.1, 0.15) is 0 Å². The fraction of sp³-hybridized carbons (Fsp3) is 0.867. The molecule has 0 aromatic carbocycles. The predicted molar refractivity (Wildman–Crippen MR) is 76.3 cm³/mol. The van der Waals surface area contributed by atoms with Crippen LogP contribution in [0.1, 0.15) is 51.4 Å². The maximum atomic E-state index is 12.1. The normalized spacial score (nSPS) is 23.4. The van der Waals surface area contributed by atoms with Crippen molar-refractivity contribution in [2.45, 2.75) is 51.4 Å². The van der Waals surface area contributed by atoms with Gasteiger partial charge in [-0.15, -0.1) is 0 Å². The Morgan fingerprint density at radius 3 is 2.65 bits per heavy atom. The first-order chi connectivity index (χ1) is 9.74. The minimum absolute atomic E-state index is 0.0592. The third-order valence-electron chi connectivity index (χ3n) is 3.65. The van der Waals surface area contributed by atoms with E-state index < -0.39 is 0 Å². The summed E-state index contributed by atoms with van der Waals surface area (Å²) in [6.45, 7) is 1.81. The zero-order chi connectivity index (χ0) is 14.6. The first kappa shape index (κ1) is 17.0. The smallest absolute Gasteiger partial charge is 0.306 e. The van der Waals surface area contributed by atoms with Gasteiger partial charge in [0.2, 0.25) is 5.91 Å². The molecular formula is C15H27NO4. The van der Waals surface area contributed by atoms with Crippen LogP contribution in [0.2, 0.25) is 0 Å². The molecule has 1 atom stereocenters. The summed E-state index contributed by atoms with van der Waals surface area (Å²) in [4.78, 5) is 23.4. The van der Waals surface area contributed by atoms with E-state index in [9.17, 15) is 9.59 Å². The van der Waals surface area contributed by atoms with Crippen LogP contribution in [0.25, 0.3) is 0 Å². The predicted octanol–water partition coefficient (Wildman–Crippen LogP) is 2.04. The molecule has 1 saturated heterocycles. The van der Waals surface area contributed by atoms with Gasteiger partial charge in [-0.05, 0) is 12.8 Å². The Kier molecular flexibility index (Phi) is 9.04. The fourth-order valence-corrected chi connectivity index (χ4v) is 2.41. The van der Waals surface area contributed by atoms with Crippen LogP contribution in [-0.4, -0.2) is 38.7 Å². The highest BCUT2D eigenvalue weighted by Gasteiger charge is 2.21. The Hall–Kier alpha value is -1.10. The summed E-state index contributed by atoms with van der Waals surface area (Å²) in [5.41, 5.74) is 0. The Morgan fingerprint density at radius 1 is 1.20 bits per heavy atom. The van der Waals surface area contributed by atoms with Gasteiger partial charge in [-0.1, -0.05) is 32.1 Å². The lowest BCUT2D eigenvalue weighted by molar-refractivity contribution is -0.144. The molecule has 20 heavy (non-hydrogen) atoms. The molecule has 0 aliphatic carbocycles. The highest BCUT2D eigenvalue weighted by molar-refractivity contribution is 5.83. The van der Waals surface area contributed by atoms with E-state index >= 15 is 0 Å². The van der Waals surface area contributed by atoms with E-state index in [1.165, 1.54) is 26.4 Å². The molecule has 0 radical (unpaired) electrons. The summed E-state index contributed by atoms with van der Waals surface area (Å²) in [6.07, 6.45) is 7.74. The number of hydrogen-bond donors (Lipinski definition) is 1. The lowest BCUT2D eigenvalue weighted by Gasteiger charge is -2.16. The molecule has 5 nitrogen and oxygen atoms in total. The van der Waals surface area contributed by atoms with E-state index in [4.69, 9.17) is 4.74 Å². The molecule has 1 rings (SSSR count). The zero-order valence-corrected chi connectivity index (χ0v) is 12.5. The van der Waals surface area contributed by atoms with Crippen molar-refractivity contribution < 1.29 is 19.1 Å². The van der Waals surface area contributed by atoms with Crippen molar-refractivity contribution in [1.29, 1.82) is 0 Å². The van der Waals surface area contributed by atoms with Crippen LogP contribution < -0.4 is 5.32 Å². The van der Waals surface area contributed by atoms with Crippen molar-refractivity contribution in [2.75, 3.05) is 26.9 Å². The second-order valence-corrected chi connectivity index (χ2v) is 5.29. The van der Waals surface area contributed by atoms with Gasteiger partial charge in [-0.3, -0.25) is 9.59 Å². The van der Waals surface area contributed by atoms with Gasteiger partial charge < -0.3 is 14.8 Å². The topological polar surface area (TPSA) is 64.6 Å². The summed E-state index contributed by atoms with van der Waals surface area (Å²) in [7, 11) is 1.36. The molecule has 5 heteroatoms. The van der Waals surface area contributed by atoms with Crippen molar-refractivity contribution in [3.8, 4) is 0 Å². The third kappa shape index (κ3) is 7.48. The first-order valence-corrected chi connectivity index (χ1v) is 7.66. The standard InChI is InChI=1S/C15H27NO4/c1-19-14(17)12-13-8-6-4-2-3-5-7-10-20-11-9-16-15(13)18/h13H,2-12H2,1H3,(H,16,18). The molecule has 1 unspecified atom stereocenters. The molecular weight excluding hydrogens is 258 g/mol. The summed E-state index contributed by atoms with van der Waals surface area (Å²) in [6, 6.07) is 0. The number of carbonyl (C=O) groups excluding carboxylic acids is 2. The van der Waals surface area contributed by atoms with Crippen LogP contribution in [0, 0.1) is 5.92 Å². The van der Waals surface area contributed by atoms with E-state index in [0.717, 1.165) is 32.3 Å². The lowest BCUT2D eigenvalue weighted by Crippen LogP contribution is -2.34. The van der Waals surface area contributed by atoms with Crippen molar-refractivity contribution in [3.63, 3.8) is 0 Å². The minimum atomic E-state index is -0.317. The van der Waals surface area contributed by atoms with Crippen molar-refractivity contribution in [1.82, 2.24) is 5.32 Å². The van der Waals surface area contributed by atoms with Crippen LogP contribution in [0.5, 0.6) is 0 Å². The number of nitrogens with one attached hydrogen (secondary N) is 1. The van der Waals surface area contributed by atoms with Gasteiger partial charge in [-0.25, -0.2) is 0 Å². The Bertz CT molecular complexity index is 294. The average Bonchev–Trinajstić information content (AvgIpc) is 2.45. The maximum Gasteiger partial charge on any atom is 0.306 e. The molecule has 0 aromatic heterocycles. The highest BCUT2D eigenvalue weighted by atomic mass is 16.5. The van der Waals surface area contributed by atoms with Gasteiger partial charge in [0, 0.05) is 19.1 Å². The number of ether oxygens (including phenoxy) is 2. The lowest BCUT2D eigenvalue weighted by atomic mass is 9.96. The number of esters is 1. The maximum absolute atomic E-state index is 12.1.